The van der Waals surface area contributed by atoms with Crippen LogP contribution in [0, 0.1) is 0 Å². The zero-order valence-electron chi connectivity index (χ0n) is 21.0. The molecule has 0 unspecified atom stereocenters. The van der Waals surface area contributed by atoms with E-state index in [1.165, 1.54) is 0 Å². The number of amides is 2. The van der Waals surface area contributed by atoms with Gasteiger partial charge in [-0.05, 0) is 61.7 Å². The Bertz CT molecular complexity index is 1110. The number of benzene rings is 2. The molecular formula is C28H35N3O4. The van der Waals surface area contributed by atoms with E-state index in [-0.39, 0.29) is 17.9 Å². The molecule has 2 aromatic rings. The van der Waals surface area contributed by atoms with Gasteiger partial charge in [0.2, 0.25) is 5.91 Å². The highest BCUT2D eigenvalue weighted by Crippen LogP contribution is 2.49. The number of hydrogen-bond acceptors (Lipinski definition) is 5. The zero-order chi connectivity index (χ0) is 24.5. The van der Waals surface area contributed by atoms with E-state index in [2.05, 4.69) is 11.8 Å². The van der Waals surface area contributed by atoms with Gasteiger partial charge in [-0.2, -0.15) is 0 Å². The number of fused-ring (bicyclic) bond motifs is 4. The number of ether oxygens (including phenoxy) is 2. The van der Waals surface area contributed by atoms with Gasteiger partial charge in [0.05, 0.1) is 25.2 Å². The second-order valence-corrected chi connectivity index (χ2v) is 9.38. The number of hydrogen-bond donors (Lipinski definition) is 0. The van der Waals surface area contributed by atoms with E-state index in [1.54, 1.807) is 0 Å². The van der Waals surface area contributed by atoms with E-state index in [0.29, 0.717) is 44.2 Å². The highest BCUT2D eigenvalue weighted by molar-refractivity contribution is 6.01. The van der Waals surface area contributed by atoms with Crippen molar-refractivity contribution in [2.45, 2.75) is 39.2 Å². The Labute approximate surface area is 207 Å². The van der Waals surface area contributed by atoms with Crippen LogP contribution in [0.4, 0.5) is 0 Å². The molecule has 3 aliphatic rings. The van der Waals surface area contributed by atoms with Crippen LogP contribution < -0.4 is 9.47 Å². The molecule has 2 atom stereocenters. The van der Waals surface area contributed by atoms with Gasteiger partial charge < -0.3 is 24.2 Å². The molecule has 3 aliphatic heterocycles. The fraction of sp³-hybridized carbons (Fsp3) is 0.500. The Kier molecular flexibility index (Phi) is 6.69. The van der Waals surface area contributed by atoms with Crippen molar-refractivity contribution < 1.29 is 19.1 Å². The van der Waals surface area contributed by atoms with E-state index >= 15 is 0 Å². The Balaban J connectivity index is 1.61. The van der Waals surface area contributed by atoms with E-state index in [0.717, 1.165) is 48.5 Å². The molecule has 0 radical (unpaired) electrons. The van der Waals surface area contributed by atoms with Crippen molar-refractivity contribution in [3.8, 4) is 11.5 Å². The predicted octanol–water partition coefficient (Wildman–Crippen LogP) is 3.48. The van der Waals surface area contributed by atoms with Crippen LogP contribution in [0.2, 0.25) is 0 Å². The predicted molar refractivity (Wildman–Crippen MR) is 134 cm³/mol. The number of carbonyl (C=O) groups is 2. The summed E-state index contributed by atoms with van der Waals surface area (Å²) in [5, 5.41) is 0. The molecule has 0 aromatic heterocycles. The molecule has 35 heavy (non-hydrogen) atoms. The van der Waals surface area contributed by atoms with Crippen LogP contribution in [0.5, 0.6) is 11.5 Å². The summed E-state index contributed by atoms with van der Waals surface area (Å²) in [5.41, 5.74) is 3.60. The van der Waals surface area contributed by atoms with Crippen molar-refractivity contribution in [3.63, 3.8) is 0 Å². The lowest BCUT2D eigenvalue weighted by molar-refractivity contribution is -0.136. The van der Waals surface area contributed by atoms with Crippen molar-refractivity contribution in [2.24, 2.45) is 0 Å². The maximum Gasteiger partial charge on any atom is 0.254 e. The first-order valence-electron chi connectivity index (χ1n) is 12.9. The quantitative estimate of drug-likeness (QED) is 0.638. The standard InChI is InChI=1S/C28H35N3O4/c1-4-29-13-15-30(16-14-29)28(33)25-20-9-7-8-10-21(20)27(32)31-12-11-19-17-23(34-5-2)24(35-6-3)18-22(19)26(25)31/h7-10,17-18,25-26H,4-6,11-16H2,1-3H3/t25-,26-/m0/s1. The van der Waals surface area contributed by atoms with Crippen molar-refractivity contribution in [1.82, 2.24) is 14.7 Å². The molecule has 7 nitrogen and oxygen atoms in total. The van der Waals surface area contributed by atoms with Gasteiger partial charge in [0, 0.05) is 38.3 Å². The summed E-state index contributed by atoms with van der Waals surface area (Å²) in [5.74, 6) is 1.06. The Morgan fingerprint density at radius 1 is 0.914 bits per heavy atom. The smallest absolute Gasteiger partial charge is 0.254 e. The van der Waals surface area contributed by atoms with Crippen LogP contribution in [0.1, 0.15) is 59.8 Å². The topological polar surface area (TPSA) is 62.3 Å². The van der Waals surface area contributed by atoms with Gasteiger partial charge in [-0.1, -0.05) is 25.1 Å². The summed E-state index contributed by atoms with van der Waals surface area (Å²) in [6.45, 7) is 11.9. The molecule has 0 bridgehead atoms. The third kappa shape index (κ3) is 4.16. The second kappa shape index (κ2) is 9.90. The van der Waals surface area contributed by atoms with Gasteiger partial charge >= 0.3 is 0 Å². The minimum Gasteiger partial charge on any atom is -0.490 e. The highest BCUT2D eigenvalue weighted by Gasteiger charge is 2.48. The third-order valence-corrected chi connectivity index (χ3v) is 7.58. The summed E-state index contributed by atoms with van der Waals surface area (Å²) < 4.78 is 11.8. The molecule has 3 heterocycles. The van der Waals surface area contributed by atoms with Crippen LogP contribution in [0.3, 0.4) is 0 Å². The molecule has 0 aliphatic carbocycles. The van der Waals surface area contributed by atoms with Crippen LogP contribution in [0.25, 0.3) is 0 Å². The molecule has 7 heteroatoms. The number of likely N-dealkylation sites (N-methyl/N-ethyl adjacent to an activating group) is 1. The molecule has 0 N–H and O–H groups in total. The second-order valence-electron chi connectivity index (χ2n) is 9.38. The van der Waals surface area contributed by atoms with E-state index in [9.17, 15) is 9.59 Å². The van der Waals surface area contributed by atoms with E-state index in [4.69, 9.17) is 9.47 Å². The lowest BCUT2D eigenvalue weighted by Gasteiger charge is -2.47. The third-order valence-electron chi connectivity index (χ3n) is 7.58. The van der Waals surface area contributed by atoms with Gasteiger partial charge in [0.1, 0.15) is 0 Å². The highest BCUT2D eigenvalue weighted by atomic mass is 16.5. The molecule has 1 saturated heterocycles. The first-order valence-corrected chi connectivity index (χ1v) is 12.9. The van der Waals surface area contributed by atoms with Gasteiger partial charge in [0.25, 0.3) is 5.91 Å². The van der Waals surface area contributed by atoms with Crippen molar-refractivity contribution in [1.29, 1.82) is 0 Å². The maximum atomic E-state index is 14.2. The number of rotatable bonds is 6. The Hall–Kier alpha value is -3.06. The largest absolute Gasteiger partial charge is 0.490 e. The first-order chi connectivity index (χ1) is 17.1. The number of carbonyl (C=O) groups excluding carboxylic acids is 2. The van der Waals surface area contributed by atoms with Crippen LogP contribution in [-0.2, 0) is 11.2 Å². The van der Waals surface area contributed by atoms with Crippen molar-refractivity contribution in [2.75, 3.05) is 52.5 Å². The average Bonchev–Trinajstić information content (AvgIpc) is 2.89. The summed E-state index contributed by atoms with van der Waals surface area (Å²) in [4.78, 5) is 34.1. The fourth-order valence-electron chi connectivity index (χ4n) is 5.82. The zero-order valence-corrected chi connectivity index (χ0v) is 21.0. The fourth-order valence-corrected chi connectivity index (χ4v) is 5.82. The molecule has 1 fully saturated rings. The van der Waals surface area contributed by atoms with Gasteiger partial charge in [-0.15, -0.1) is 0 Å². The summed E-state index contributed by atoms with van der Waals surface area (Å²) in [7, 11) is 0. The van der Waals surface area contributed by atoms with Crippen LogP contribution in [-0.4, -0.2) is 79.0 Å². The van der Waals surface area contributed by atoms with E-state index in [1.807, 2.05) is 60.0 Å². The van der Waals surface area contributed by atoms with Gasteiger partial charge in [0.15, 0.2) is 11.5 Å². The minimum absolute atomic E-state index is 0.00273. The van der Waals surface area contributed by atoms with Crippen molar-refractivity contribution in [3.05, 3.63) is 58.7 Å². The molecule has 2 amide bonds. The average molecular weight is 478 g/mol. The van der Waals surface area contributed by atoms with Crippen LogP contribution in [0.15, 0.2) is 36.4 Å². The molecular weight excluding hydrogens is 442 g/mol. The molecule has 0 spiro atoms. The Morgan fingerprint density at radius 2 is 1.60 bits per heavy atom. The number of piperazine rings is 1. The molecule has 2 aromatic carbocycles. The molecule has 5 rings (SSSR count). The van der Waals surface area contributed by atoms with Crippen LogP contribution >= 0.6 is 0 Å². The normalized spacial score (nSPS) is 21.7. The summed E-state index contributed by atoms with van der Waals surface area (Å²) in [6, 6.07) is 11.4. The van der Waals surface area contributed by atoms with E-state index < -0.39 is 5.92 Å². The summed E-state index contributed by atoms with van der Waals surface area (Å²) in [6.07, 6.45) is 0.725. The lowest BCUT2D eigenvalue weighted by atomic mass is 9.75. The maximum absolute atomic E-state index is 14.2. The molecule has 186 valence electrons. The number of nitrogens with zero attached hydrogens (tertiary/aromatic N) is 3. The minimum atomic E-state index is -0.441. The first kappa shape index (κ1) is 23.7. The lowest BCUT2D eigenvalue weighted by Crippen LogP contribution is -2.54. The van der Waals surface area contributed by atoms with Gasteiger partial charge in [-0.25, -0.2) is 0 Å². The van der Waals surface area contributed by atoms with Gasteiger partial charge in [-0.3, -0.25) is 9.59 Å². The molecule has 0 saturated carbocycles. The summed E-state index contributed by atoms with van der Waals surface area (Å²) >= 11 is 0. The Morgan fingerprint density at radius 3 is 2.29 bits per heavy atom. The SMILES string of the molecule is CCOc1cc2c(cc1OCC)[C@H]1[C@@H](C(=O)N3CCN(CC)CC3)c3ccccc3C(=O)N1CC2. The monoisotopic (exact) mass is 477 g/mol. The van der Waals surface area contributed by atoms with Crippen molar-refractivity contribution >= 4 is 11.8 Å².